The number of carbonyl (C=O) groups excluding carboxylic acids is 6. The Bertz CT molecular complexity index is 2080. The van der Waals surface area contributed by atoms with Crippen molar-refractivity contribution in [3.63, 3.8) is 0 Å². The van der Waals surface area contributed by atoms with Crippen molar-refractivity contribution in [1.82, 2.24) is 0 Å². The van der Waals surface area contributed by atoms with Crippen molar-refractivity contribution in [3.05, 3.63) is 179 Å². The summed E-state index contributed by atoms with van der Waals surface area (Å²) in [5.41, 5.74) is 0.534. The van der Waals surface area contributed by atoms with Gasteiger partial charge in [-0.25, -0.2) is 0 Å². The maximum atomic E-state index is 11.1. The fourth-order valence-electron chi connectivity index (χ4n) is 5.40. The molecule has 0 spiro atoms. The molecule has 0 amide bonds. The summed E-state index contributed by atoms with van der Waals surface area (Å²) in [6, 6.07) is 38.5. The summed E-state index contributed by atoms with van der Waals surface area (Å²) in [5, 5.41) is 66.1. The normalized spacial score (nSPS) is 9.82. The summed E-state index contributed by atoms with van der Waals surface area (Å²) in [5.74, 6) is -9.21. The van der Waals surface area contributed by atoms with Gasteiger partial charge in [0.25, 0.3) is 0 Å². The van der Waals surface area contributed by atoms with Crippen molar-refractivity contribution in [1.29, 1.82) is 0 Å². The van der Waals surface area contributed by atoms with Crippen LogP contribution in [0, 0.1) is 0 Å². The quantitative estimate of drug-likeness (QED) is 0.190. The van der Waals surface area contributed by atoms with Crippen LogP contribution in [0.3, 0.4) is 0 Å². The molecule has 0 aliphatic rings. The first-order valence-corrected chi connectivity index (χ1v) is 15.7. The minimum Gasteiger partial charge on any atom is -0.545 e. The van der Waals surface area contributed by atoms with Crippen LogP contribution in [0.25, 0.3) is 33.4 Å². The van der Waals surface area contributed by atoms with Gasteiger partial charge in [0.1, 0.15) is 0 Å². The molecule has 0 N–H and O–H groups in total. The Hall–Kier alpha value is -7.17. The molecule has 0 aliphatic heterocycles. The third-order valence-corrected chi connectivity index (χ3v) is 7.72. The number of rotatable bonds is 9. The van der Waals surface area contributed by atoms with Gasteiger partial charge in [-0.3, -0.25) is 0 Å². The van der Waals surface area contributed by atoms with Crippen LogP contribution in [0.15, 0.2) is 146 Å². The summed E-state index contributed by atoms with van der Waals surface area (Å²) in [6.07, 6.45) is 0. The minimum atomic E-state index is -1.54. The molecule has 0 radical (unpaired) electrons. The molecule has 6 aromatic carbocycles. The monoisotopic (exact) mass is 904 g/mol. The Kier molecular flexibility index (Phi) is 15.1. The van der Waals surface area contributed by atoms with Crippen molar-refractivity contribution < 1.29 is 80.5 Å². The van der Waals surface area contributed by atoms with Crippen molar-refractivity contribution in [3.8, 4) is 33.4 Å². The van der Waals surface area contributed by atoms with E-state index in [2.05, 4.69) is 0 Å². The Balaban J connectivity index is 0.000000220. The molecule has 276 valence electrons. The smallest absolute Gasteiger partial charge is 0.0728 e. The maximum Gasteiger partial charge on any atom is 0.0728 e. The van der Waals surface area contributed by atoms with Gasteiger partial charge in [0.15, 0.2) is 0 Å². The second-order valence-corrected chi connectivity index (χ2v) is 11.0. The number of benzene rings is 6. The maximum absolute atomic E-state index is 11.1. The number of hydrogen-bond donors (Lipinski definition) is 0. The van der Waals surface area contributed by atoms with Gasteiger partial charge in [0, 0.05) is 54.4 Å². The summed E-state index contributed by atoms with van der Waals surface area (Å²) < 4.78 is 0. The van der Waals surface area contributed by atoms with E-state index >= 15 is 0 Å². The van der Waals surface area contributed by atoms with Crippen LogP contribution >= 0.6 is 0 Å². The van der Waals surface area contributed by atoms with E-state index in [-0.39, 0.29) is 54.4 Å². The van der Waals surface area contributed by atoms with E-state index in [0.717, 1.165) is 0 Å². The Morgan fingerprint density at radius 3 is 0.673 bits per heavy atom. The van der Waals surface area contributed by atoms with Crippen LogP contribution in [-0.4, -0.2) is 35.8 Å². The molecule has 0 aromatic heterocycles. The molecule has 0 unspecified atom stereocenters. The zero-order valence-corrected chi connectivity index (χ0v) is 31.1. The standard InChI is InChI=1S/3C14H10O4.W/c3*15-13(16)11-8-4-7-10(12(11)14(17)18)9-5-2-1-3-6-9;/h3*1-8H,(H,15,16)(H,17,18);/p-6. The fourth-order valence-corrected chi connectivity index (χ4v) is 5.40. The first-order chi connectivity index (χ1) is 25.8. The number of hydrogen-bond acceptors (Lipinski definition) is 12. The summed E-state index contributed by atoms with van der Waals surface area (Å²) in [4.78, 5) is 66.1. The van der Waals surface area contributed by atoms with Crippen LogP contribution in [-0.2, 0) is 21.1 Å². The average Bonchev–Trinajstić information content (AvgIpc) is 3.18. The van der Waals surface area contributed by atoms with Crippen molar-refractivity contribution >= 4 is 35.8 Å². The molecule has 0 fully saturated rings. The third-order valence-electron chi connectivity index (χ3n) is 7.72. The first kappa shape index (κ1) is 42.2. The molecule has 0 saturated carbocycles. The van der Waals surface area contributed by atoms with Crippen LogP contribution in [0.5, 0.6) is 0 Å². The average molecular weight is 904 g/mol. The number of carbonyl (C=O) groups is 6. The van der Waals surface area contributed by atoms with Gasteiger partial charge in [-0.2, -0.15) is 0 Å². The van der Waals surface area contributed by atoms with Crippen molar-refractivity contribution in [2.45, 2.75) is 0 Å². The third kappa shape index (κ3) is 10.5. The largest absolute Gasteiger partial charge is 0.545 e. The molecule has 0 aliphatic carbocycles. The number of carboxylic acids is 6. The van der Waals surface area contributed by atoms with Gasteiger partial charge in [-0.1, -0.05) is 146 Å². The van der Waals surface area contributed by atoms with Crippen LogP contribution in [0.4, 0.5) is 0 Å². The van der Waals surface area contributed by atoms with E-state index < -0.39 is 35.8 Å². The molecule has 55 heavy (non-hydrogen) atoms. The van der Waals surface area contributed by atoms with Gasteiger partial charge in [-0.05, 0) is 33.4 Å². The van der Waals surface area contributed by atoms with Crippen molar-refractivity contribution in [2.75, 3.05) is 0 Å². The second kappa shape index (κ2) is 19.6. The fraction of sp³-hybridized carbons (Fsp3) is 0. The zero-order valence-electron chi connectivity index (χ0n) is 28.2. The van der Waals surface area contributed by atoms with Gasteiger partial charge >= 0.3 is 0 Å². The van der Waals surface area contributed by atoms with Gasteiger partial charge < -0.3 is 59.4 Å². The Labute approximate surface area is 327 Å². The Morgan fingerprint density at radius 2 is 0.491 bits per heavy atom. The summed E-state index contributed by atoms with van der Waals surface area (Å²) in [6.45, 7) is 0. The van der Waals surface area contributed by atoms with Crippen LogP contribution in [0.1, 0.15) is 62.1 Å². The molecule has 0 atom stereocenters. The molecule has 0 bridgehead atoms. The summed E-state index contributed by atoms with van der Waals surface area (Å²) in [7, 11) is 0. The molecule has 0 heterocycles. The van der Waals surface area contributed by atoms with E-state index in [4.69, 9.17) is 0 Å². The van der Waals surface area contributed by atoms with Gasteiger partial charge in [0.05, 0.1) is 35.8 Å². The minimum absolute atomic E-state index is 0. The predicted octanol–water partition coefficient (Wildman–Crippen LogP) is 0.239. The zero-order chi connectivity index (χ0) is 39.4. The number of aromatic carboxylic acids is 6. The SMILES string of the molecule is O=C([O-])c1cccc(-c2ccccc2)c1C(=O)[O-].O=C([O-])c1cccc(-c2ccccc2)c1C(=O)[O-].O=C([O-])c1cccc(-c2ccccc2)c1C(=O)[O-].[W]. The topological polar surface area (TPSA) is 241 Å². The predicted molar refractivity (Wildman–Crippen MR) is 182 cm³/mol. The first-order valence-electron chi connectivity index (χ1n) is 15.7. The molecular formula is C42H24O12W-6. The molecule has 0 saturated heterocycles. The number of carboxylic acid groups (broad SMARTS) is 6. The van der Waals surface area contributed by atoms with E-state index in [0.29, 0.717) is 33.4 Å². The van der Waals surface area contributed by atoms with E-state index in [1.807, 2.05) is 0 Å². The van der Waals surface area contributed by atoms with Crippen LogP contribution < -0.4 is 30.6 Å². The molecule has 6 aromatic rings. The summed E-state index contributed by atoms with van der Waals surface area (Å²) >= 11 is 0. The van der Waals surface area contributed by atoms with Crippen molar-refractivity contribution in [2.24, 2.45) is 0 Å². The van der Waals surface area contributed by atoms with Gasteiger partial charge in [-0.15, -0.1) is 0 Å². The van der Waals surface area contributed by atoms with Gasteiger partial charge in [0.2, 0.25) is 0 Å². The van der Waals surface area contributed by atoms with E-state index in [1.54, 1.807) is 91.0 Å². The Morgan fingerprint density at radius 1 is 0.273 bits per heavy atom. The molecule has 6 rings (SSSR count). The van der Waals surface area contributed by atoms with Crippen LogP contribution in [0.2, 0.25) is 0 Å². The second-order valence-electron chi connectivity index (χ2n) is 11.0. The molecule has 12 nitrogen and oxygen atoms in total. The van der Waals surface area contributed by atoms with E-state index in [9.17, 15) is 59.4 Å². The molecule has 13 heteroatoms. The van der Waals surface area contributed by atoms with E-state index in [1.165, 1.54) is 54.6 Å². The molecular weight excluding hydrogens is 880 g/mol.